The zero-order valence-electron chi connectivity index (χ0n) is 17.2. The van der Waals surface area contributed by atoms with E-state index in [0.29, 0.717) is 18.8 Å². The van der Waals surface area contributed by atoms with Gasteiger partial charge in [-0.25, -0.2) is 14.7 Å². The Morgan fingerprint density at radius 3 is 2.90 bits per heavy atom. The fraction of sp³-hybridized carbons (Fsp3) is 0.250. The van der Waals surface area contributed by atoms with E-state index >= 15 is 0 Å². The highest BCUT2D eigenvalue weighted by Gasteiger charge is 2.32. The number of carbonyl (C=O) groups is 1. The van der Waals surface area contributed by atoms with E-state index in [2.05, 4.69) is 36.3 Å². The molecule has 0 aliphatic carbocycles. The van der Waals surface area contributed by atoms with Gasteiger partial charge in [0.1, 0.15) is 19.4 Å². The number of anilines is 2. The van der Waals surface area contributed by atoms with Gasteiger partial charge in [-0.3, -0.25) is 20.0 Å². The van der Waals surface area contributed by atoms with Crippen LogP contribution in [0.25, 0.3) is 0 Å². The number of aliphatic imine (C=N–C) groups is 1. The Bertz CT molecular complexity index is 1020. The van der Waals surface area contributed by atoms with Crippen molar-refractivity contribution in [2.75, 3.05) is 37.5 Å². The molecule has 4 rings (SSSR count). The molecule has 0 spiro atoms. The molecule has 1 aromatic carbocycles. The van der Waals surface area contributed by atoms with Crippen LogP contribution in [0.2, 0.25) is 0 Å². The molecule has 0 saturated carbocycles. The summed E-state index contributed by atoms with van der Waals surface area (Å²) in [6.07, 6.45) is 5.37. The molecule has 0 fully saturated rings. The summed E-state index contributed by atoms with van der Waals surface area (Å²) < 4.78 is 12.0. The third kappa shape index (κ3) is 5.45. The van der Waals surface area contributed by atoms with E-state index in [0.717, 1.165) is 33.0 Å². The quantitative estimate of drug-likeness (QED) is 0.365. The first-order valence-corrected chi connectivity index (χ1v) is 10.5. The largest absolute Gasteiger partial charge is 0.447 e. The number of methoxy groups -OCH3 is 1. The summed E-state index contributed by atoms with van der Waals surface area (Å²) in [6.45, 7) is 3.22. The van der Waals surface area contributed by atoms with Crippen molar-refractivity contribution in [2.24, 2.45) is 4.99 Å². The van der Waals surface area contributed by atoms with Crippen molar-refractivity contribution < 1.29 is 19.2 Å². The van der Waals surface area contributed by atoms with Gasteiger partial charge in [-0.05, 0) is 43.1 Å². The fourth-order valence-corrected chi connectivity index (χ4v) is 3.90. The maximum absolute atomic E-state index is 11.7. The summed E-state index contributed by atoms with van der Waals surface area (Å²) >= 11 is 1.58. The zero-order valence-corrected chi connectivity index (χ0v) is 18.0. The number of quaternary nitrogens is 1. The number of amidine groups is 1. The summed E-state index contributed by atoms with van der Waals surface area (Å²) in [5.74, 6) is 2.70. The zero-order chi connectivity index (χ0) is 21.6. The fourth-order valence-electron chi connectivity index (χ4n) is 3.03. The minimum Gasteiger partial charge on any atom is -0.447 e. The predicted molar refractivity (Wildman–Crippen MR) is 118 cm³/mol. The molecule has 4 N–H and O–H groups in total. The Kier molecular flexibility index (Phi) is 6.55. The smallest absolute Gasteiger partial charge is 0.411 e. The van der Waals surface area contributed by atoms with Crippen LogP contribution in [0, 0.1) is 6.92 Å². The van der Waals surface area contributed by atoms with E-state index in [9.17, 15) is 4.79 Å². The Balaban J connectivity index is 1.39. The van der Waals surface area contributed by atoms with Crippen molar-refractivity contribution >= 4 is 35.4 Å². The summed E-state index contributed by atoms with van der Waals surface area (Å²) in [5, 5.41) is 13.3. The van der Waals surface area contributed by atoms with Crippen LogP contribution in [0.1, 0.15) is 5.69 Å². The Labute approximate surface area is 184 Å². The maximum atomic E-state index is 11.7. The van der Waals surface area contributed by atoms with Crippen LogP contribution < -0.4 is 15.5 Å². The number of ether oxygens (including phenoxy) is 2. The number of nitrogens with zero attached hydrogens (tertiary/aromatic N) is 3. The number of aromatic nitrogens is 2. The predicted octanol–water partition coefficient (Wildman–Crippen LogP) is 1.91. The highest BCUT2D eigenvalue weighted by Crippen LogP contribution is 2.26. The normalized spacial score (nSPS) is 17.1. The molecule has 31 heavy (non-hydrogen) atoms. The molecule has 10 nitrogen and oxygen atoms in total. The SMILES string of the molecule is COCCOC(=O)Nc1ccc(SN2C=C(Nc3cc(C)[nH]n3)[NH+]3C=CN=C3C2)cc1. The summed E-state index contributed by atoms with van der Waals surface area (Å²) in [4.78, 5) is 18.3. The van der Waals surface area contributed by atoms with E-state index in [1.54, 1.807) is 19.1 Å². The molecule has 1 atom stereocenters. The van der Waals surface area contributed by atoms with E-state index in [1.165, 1.54) is 0 Å². The third-order valence-electron chi connectivity index (χ3n) is 4.46. The second-order valence-electron chi connectivity index (χ2n) is 6.85. The van der Waals surface area contributed by atoms with Crippen LogP contribution in [0.3, 0.4) is 0 Å². The van der Waals surface area contributed by atoms with Gasteiger partial charge in [0.05, 0.1) is 19.0 Å². The second-order valence-corrected chi connectivity index (χ2v) is 7.98. The lowest BCUT2D eigenvalue weighted by atomic mass is 10.3. The first kappa shape index (κ1) is 21.0. The number of carbonyl (C=O) groups excluding carboxylic acids is 1. The molecule has 0 radical (unpaired) electrons. The lowest BCUT2D eigenvalue weighted by Gasteiger charge is -2.27. The van der Waals surface area contributed by atoms with Gasteiger partial charge in [0.15, 0.2) is 5.82 Å². The van der Waals surface area contributed by atoms with E-state index in [4.69, 9.17) is 9.47 Å². The van der Waals surface area contributed by atoms with Crippen molar-refractivity contribution in [2.45, 2.75) is 11.8 Å². The lowest BCUT2D eigenvalue weighted by Crippen LogP contribution is -3.10. The van der Waals surface area contributed by atoms with Crippen molar-refractivity contribution in [1.29, 1.82) is 0 Å². The average molecular weight is 443 g/mol. The van der Waals surface area contributed by atoms with Crippen LogP contribution in [-0.4, -0.2) is 53.3 Å². The summed E-state index contributed by atoms with van der Waals surface area (Å²) in [6, 6.07) is 9.52. The van der Waals surface area contributed by atoms with Crippen molar-refractivity contribution in [3.63, 3.8) is 0 Å². The molecule has 2 aliphatic rings. The molecule has 162 valence electrons. The monoisotopic (exact) mass is 442 g/mol. The maximum Gasteiger partial charge on any atom is 0.411 e. The number of fused-ring (bicyclic) bond motifs is 1. The molecule has 2 aromatic rings. The molecule has 0 saturated heterocycles. The Hall–Kier alpha value is -3.28. The number of amides is 1. The van der Waals surface area contributed by atoms with Gasteiger partial charge in [0, 0.05) is 29.5 Å². The highest BCUT2D eigenvalue weighted by atomic mass is 32.2. The third-order valence-corrected chi connectivity index (χ3v) is 5.42. The van der Waals surface area contributed by atoms with Crippen LogP contribution >= 0.6 is 11.9 Å². The first-order chi connectivity index (χ1) is 15.1. The van der Waals surface area contributed by atoms with Gasteiger partial charge in [0.25, 0.3) is 0 Å². The molecule has 2 aliphatic heterocycles. The van der Waals surface area contributed by atoms with E-state index in [-0.39, 0.29) is 6.61 Å². The van der Waals surface area contributed by atoms with Crippen molar-refractivity contribution in [1.82, 2.24) is 14.5 Å². The van der Waals surface area contributed by atoms with Crippen molar-refractivity contribution in [3.8, 4) is 0 Å². The number of rotatable bonds is 8. The average Bonchev–Trinajstić information content (AvgIpc) is 3.38. The van der Waals surface area contributed by atoms with Gasteiger partial charge in [-0.1, -0.05) is 0 Å². The Morgan fingerprint density at radius 2 is 2.16 bits per heavy atom. The summed E-state index contributed by atoms with van der Waals surface area (Å²) in [5.41, 5.74) is 1.65. The molecule has 1 amide bonds. The molecule has 1 unspecified atom stereocenters. The topological polar surface area (TPSA) is 108 Å². The van der Waals surface area contributed by atoms with Crippen LogP contribution in [0.4, 0.5) is 16.3 Å². The van der Waals surface area contributed by atoms with E-state index < -0.39 is 6.09 Å². The second kappa shape index (κ2) is 9.69. The number of nitrogens with one attached hydrogen (secondary N) is 4. The van der Waals surface area contributed by atoms with Crippen LogP contribution in [0.15, 0.2) is 64.6 Å². The number of aromatic amines is 1. The van der Waals surface area contributed by atoms with Gasteiger partial charge in [0.2, 0.25) is 11.7 Å². The van der Waals surface area contributed by atoms with Gasteiger partial charge >= 0.3 is 6.09 Å². The Morgan fingerprint density at radius 1 is 1.32 bits per heavy atom. The standard InChI is InChI=1S/C20H23N7O3S/c1-14-11-17(25-24-14)23-19-13-26(12-18-21-7-8-27(18)19)31-16-5-3-15(4-6-16)22-20(28)30-10-9-29-2/h3-8,11,13H,9-10,12H2,1-2H3,(H,22,28)(H2,23,24,25)/p+1. The molecule has 11 heteroatoms. The van der Waals surface area contributed by atoms with Crippen LogP contribution in [-0.2, 0) is 9.47 Å². The van der Waals surface area contributed by atoms with Crippen LogP contribution in [0.5, 0.6) is 0 Å². The first-order valence-electron chi connectivity index (χ1n) is 9.70. The number of hydrogen-bond acceptors (Lipinski definition) is 8. The molecular weight excluding hydrogens is 418 g/mol. The summed E-state index contributed by atoms with van der Waals surface area (Å²) in [7, 11) is 1.56. The molecule has 0 bridgehead atoms. The van der Waals surface area contributed by atoms with Gasteiger partial charge in [-0.2, -0.15) is 5.10 Å². The molecule has 1 aromatic heterocycles. The van der Waals surface area contributed by atoms with Crippen molar-refractivity contribution in [3.05, 3.63) is 60.4 Å². The van der Waals surface area contributed by atoms with Gasteiger partial charge < -0.3 is 9.47 Å². The number of benzene rings is 1. The minimum absolute atomic E-state index is 0.212. The number of aryl methyl sites for hydroxylation is 1. The highest BCUT2D eigenvalue weighted by molar-refractivity contribution is 7.97. The van der Waals surface area contributed by atoms with E-state index in [1.807, 2.05) is 49.7 Å². The number of H-pyrrole nitrogens is 1. The molecule has 3 heterocycles. The van der Waals surface area contributed by atoms with Gasteiger partial charge in [-0.15, -0.1) is 0 Å². The lowest BCUT2D eigenvalue weighted by molar-refractivity contribution is -0.699. The molecular formula is C20H24N7O3S+. The minimum atomic E-state index is -0.504. The number of hydrogen-bond donors (Lipinski definition) is 4.